The minimum absolute atomic E-state index is 0.331. The second kappa shape index (κ2) is 9.17. The van der Waals surface area contributed by atoms with Crippen molar-refractivity contribution >= 4 is 23.3 Å². The van der Waals surface area contributed by atoms with E-state index in [1.165, 1.54) is 22.3 Å². The fourth-order valence-corrected chi connectivity index (χ4v) is 4.78. The van der Waals surface area contributed by atoms with Gasteiger partial charge in [0.1, 0.15) is 5.75 Å². The van der Waals surface area contributed by atoms with Gasteiger partial charge in [-0.1, -0.05) is 60.1 Å². The van der Waals surface area contributed by atoms with Crippen molar-refractivity contribution in [3.05, 3.63) is 100 Å². The van der Waals surface area contributed by atoms with E-state index in [1.807, 2.05) is 24.3 Å². The average Bonchev–Trinajstić information content (AvgIpc) is 2.84. The first-order valence-electron chi connectivity index (χ1n) is 11.1. The standard InChI is InChI=1S/C27H26ClN3O/c1-32-22-12-6-18(7-13-22)14-15-29-27-30-17-20-16-25(19-8-10-21(28)11-9-19)23-4-2-3-5-24(23)26(20)31-27/h2-13,20,25H,14-17H2,1H3,(H,29,30). The topological polar surface area (TPSA) is 46.0 Å². The summed E-state index contributed by atoms with van der Waals surface area (Å²) >= 11 is 6.12. The summed E-state index contributed by atoms with van der Waals surface area (Å²) in [5, 5.41) is 4.20. The average molecular weight is 444 g/mol. The third kappa shape index (κ3) is 4.28. The Kier molecular flexibility index (Phi) is 5.95. The molecule has 0 aromatic heterocycles. The summed E-state index contributed by atoms with van der Waals surface area (Å²) in [6.45, 7) is 1.56. The summed E-state index contributed by atoms with van der Waals surface area (Å²) in [5.41, 5.74) is 6.30. The van der Waals surface area contributed by atoms with Gasteiger partial charge in [0.05, 0.1) is 19.4 Å². The summed E-state index contributed by atoms with van der Waals surface area (Å²) in [4.78, 5) is 9.72. The van der Waals surface area contributed by atoms with E-state index in [0.717, 1.165) is 48.4 Å². The molecule has 0 radical (unpaired) electrons. The SMILES string of the molecule is COc1ccc(CCNC2=NCC3CC(c4ccc(Cl)cc4)c4ccccc4C3=N2)cc1. The van der Waals surface area contributed by atoms with Crippen molar-refractivity contribution < 1.29 is 4.74 Å². The van der Waals surface area contributed by atoms with E-state index in [0.29, 0.717) is 11.8 Å². The highest BCUT2D eigenvalue weighted by Gasteiger charge is 2.34. The molecule has 0 saturated carbocycles. The molecule has 0 bridgehead atoms. The lowest BCUT2D eigenvalue weighted by atomic mass is 9.72. The highest BCUT2D eigenvalue weighted by molar-refractivity contribution is 6.30. The molecule has 1 N–H and O–H groups in total. The Labute approximate surface area is 194 Å². The van der Waals surface area contributed by atoms with Crippen molar-refractivity contribution in [2.75, 3.05) is 20.2 Å². The number of guanidine groups is 1. The number of ether oxygens (including phenoxy) is 1. The van der Waals surface area contributed by atoms with Crippen LogP contribution in [0.1, 0.15) is 34.6 Å². The predicted molar refractivity (Wildman–Crippen MR) is 131 cm³/mol. The normalized spacial score (nSPS) is 19.3. The van der Waals surface area contributed by atoms with Crippen LogP contribution in [0.4, 0.5) is 0 Å². The molecule has 3 aromatic rings. The molecule has 162 valence electrons. The van der Waals surface area contributed by atoms with Crippen LogP contribution in [0.5, 0.6) is 5.75 Å². The van der Waals surface area contributed by atoms with Crippen LogP contribution >= 0.6 is 11.6 Å². The molecule has 0 fully saturated rings. The third-order valence-electron chi connectivity index (χ3n) is 6.34. The van der Waals surface area contributed by atoms with Gasteiger partial charge in [-0.2, -0.15) is 0 Å². The minimum Gasteiger partial charge on any atom is -0.497 e. The molecule has 0 saturated heterocycles. The van der Waals surface area contributed by atoms with Gasteiger partial charge in [-0.05, 0) is 53.8 Å². The Morgan fingerprint density at radius 3 is 2.56 bits per heavy atom. The molecular formula is C27H26ClN3O. The molecule has 2 aliphatic rings. The number of halogens is 1. The molecular weight excluding hydrogens is 418 g/mol. The lowest BCUT2D eigenvalue weighted by Gasteiger charge is -2.34. The van der Waals surface area contributed by atoms with Gasteiger partial charge in [0.15, 0.2) is 0 Å². The van der Waals surface area contributed by atoms with Gasteiger partial charge in [-0.3, -0.25) is 4.99 Å². The first-order valence-corrected chi connectivity index (χ1v) is 11.4. The van der Waals surface area contributed by atoms with Crippen LogP contribution in [0, 0.1) is 5.92 Å². The van der Waals surface area contributed by atoms with Crippen LogP contribution in [0.25, 0.3) is 0 Å². The molecule has 1 heterocycles. The van der Waals surface area contributed by atoms with E-state index in [2.05, 4.69) is 53.8 Å². The summed E-state index contributed by atoms with van der Waals surface area (Å²) in [5.74, 6) is 2.29. The Bertz CT molecular complexity index is 1150. The molecule has 2 unspecified atom stereocenters. The smallest absolute Gasteiger partial charge is 0.218 e. The minimum atomic E-state index is 0.331. The van der Waals surface area contributed by atoms with Gasteiger partial charge in [-0.15, -0.1) is 0 Å². The number of hydrogen-bond donors (Lipinski definition) is 1. The van der Waals surface area contributed by atoms with Crippen LogP contribution in [0.3, 0.4) is 0 Å². The van der Waals surface area contributed by atoms with Crippen molar-refractivity contribution in [1.82, 2.24) is 5.32 Å². The largest absolute Gasteiger partial charge is 0.497 e. The van der Waals surface area contributed by atoms with Gasteiger partial charge in [0.2, 0.25) is 5.96 Å². The first kappa shape index (κ1) is 20.8. The zero-order chi connectivity index (χ0) is 21.9. The molecule has 5 heteroatoms. The molecule has 1 aliphatic heterocycles. The second-order valence-electron chi connectivity index (χ2n) is 8.31. The van der Waals surface area contributed by atoms with Gasteiger partial charge < -0.3 is 10.1 Å². The highest BCUT2D eigenvalue weighted by atomic mass is 35.5. The van der Waals surface area contributed by atoms with Crippen LogP contribution < -0.4 is 10.1 Å². The van der Waals surface area contributed by atoms with Crippen LogP contribution in [0.2, 0.25) is 5.02 Å². The summed E-state index contributed by atoms with van der Waals surface area (Å²) in [6.07, 6.45) is 1.92. The monoisotopic (exact) mass is 443 g/mol. The van der Waals surface area contributed by atoms with Crippen molar-refractivity contribution in [2.45, 2.75) is 18.8 Å². The number of rotatable bonds is 5. The number of benzene rings is 3. The number of hydrogen-bond acceptors (Lipinski definition) is 4. The third-order valence-corrected chi connectivity index (χ3v) is 6.59. The second-order valence-corrected chi connectivity index (χ2v) is 8.75. The van der Waals surface area contributed by atoms with Crippen molar-refractivity contribution in [3.8, 4) is 5.75 Å². The summed E-state index contributed by atoms with van der Waals surface area (Å²) in [7, 11) is 1.69. The van der Waals surface area contributed by atoms with Gasteiger partial charge in [-0.25, -0.2) is 4.99 Å². The van der Waals surface area contributed by atoms with E-state index in [4.69, 9.17) is 26.3 Å². The van der Waals surface area contributed by atoms with Gasteiger partial charge in [0, 0.05) is 29.0 Å². The Hall–Kier alpha value is -3.11. The van der Waals surface area contributed by atoms with E-state index in [1.54, 1.807) is 7.11 Å². The Morgan fingerprint density at radius 1 is 1.00 bits per heavy atom. The number of nitrogens with zero attached hydrogens (tertiary/aromatic N) is 2. The lowest BCUT2D eigenvalue weighted by molar-refractivity contribution is 0.414. The molecule has 2 atom stereocenters. The van der Waals surface area contributed by atoms with E-state index >= 15 is 0 Å². The number of aliphatic imine (C=N–C) groups is 2. The van der Waals surface area contributed by atoms with E-state index in [9.17, 15) is 0 Å². The molecule has 4 nitrogen and oxygen atoms in total. The Morgan fingerprint density at radius 2 is 1.78 bits per heavy atom. The maximum Gasteiger partial charge on any atom is 0.218 e. The lowest BCUT2D eigenvalue weighted by Crippen LogP contribution is -2.36. The highest BCUT2D eigenvalue weighted by Crippen LogP contribution is 2.40. The number of fused-ring (bicyclic) bond motifs is 3. The zero-order valence-corrected chi connectivity index (χ0v) is 18.8. The maximum atomic E-state index is 6.12. The van der Waals surface area contributed by atoms with E-state index < -0.39 is 0 Å². The van der Waals surface area contributed by atoms with Crippen LogP contribution in [-0.4, -0.2) is 31.9 Å². The van der Waals surface area contributed by atoms with Gasteiger partial charge >= 0.3 is 0 Å². The first-order chi connectivity index (χ1) is 15.7. The molecule has 5 rings (SSSR count). The zero-order valence-electron chi connectivity index (χ0n) is 18.1. The van der Waals surface area contributed by atoms with Crippen molar-refractivity contribution in [3.63, 3.8) is 0 Å². The molecule has 0 amide bonds. The van der Waals surface area contributed by atoms with Crippen molar-refractivity contribution in [2.24, 2.45) is 15.9 Å². The molecule has 32 heavy (non-hydrogen) atoms. The quantitative estimate of drug-likeness (QED) is 0.566. The Balaban J connectivity index is 1.32. The fraction of sp³-hybridized carbons (Fsp3) is 0.259. The molecule has 3 aromatic carbocycles. The van der Waals surface area contributed by atoms with Crippen molar-refractivity contribution in [1.29, 1.82) is 0 Å². The van der Waals surface area contributed by atoms with Crippen LogP contribution in [0.15, 0.2) is 82.8 Å². The number of methoxy groups -OCH3 is 1. The molecule has 1 aliphatic carbocycles. The van der Waals surface area contributed by atoms with Gasteiger partial charge in [0.25, 0.3) is 0 Å². The number of nitrogens with one attached hydrogen (secondary N) is 1. The summed E-state index contributed by atoms with van der Waals surface area (Å²) in [6, 6.07) is 25.1. The predicted octanol–water partition coefficient (Wildman–Crippen LogP) is 5.49. The summed E-state index contributed by atoms with van der Waals surface area (Å²) < 4.78 is 5.23. The van der Waals surface area contributed by atoms with E-state index in [-0.39, 0.29) is 0 Å². The fourth-order valence-electron chi connectivity index (χ4n) is 4.65. The van der Waals surface area contributed by atoms with Crippen LogP contribution in [-0.2, 0) is 6.42 Å². The maximum absolute atomic E-state index is 6.12. The molecule has 0 spiro atoms.